The van der Waals surface area contributed by atoms with Gasteiger partial charge in [-0.2, -0.15) is 0 Å². The molecule has 1 amide bonds. The van der Waals surface area contributed by atoms with Crippen molar-refractivity contribution < 1.29 is 19.0 Å². The second-order valence-electron chi connectivity index (χ2n) is 5.29. The minimum atomic E-state index is -0.581. The predicted molar refractivity (Wildman–Crippen MR) is 76.3 cm³/mol. The highest BCUT2D eigenvalue weighted by Crippen LogP contribution is 2.19. The van der Waals surface area contributed by atoms with Gasteiger partial charge in [-0.3, -0.25) is 4.79 Å². The number of hydrogen-bond donors (Lipinski definition) is 2. The van der Waals surface area contributed by atoms with Crippen LogP contribution in [0.3, 0.4) is 0 Å². The molecule has 1 aliphatic rings. The molecule has 0 bridgehead atoms. The molecule has 0 aliphatic carbocycles. The van der Waals surface area contributed by atoms with Crippen LogP contribution in [0.4, 0.5) is 4.39 Å². The third-order valence-electron chi connectivity index (χ3n) is 3.31. The van der Waals surface area contributed by atoms with E-state index < -0.39 is 17.3 Å². The van der Waals surface area contributed by atoms with E-state index in [0.717, 1.165) is 0 Å². The maximum absolute atomic E-state index is 13.8. The van der Waals surface area contributed by atoms with Crippen LogP contribution in [0.15, 0.2) is 18.2 Å². The number of aliphatic hydroxyl groups is 1. The van der Waals surface area contributed by atoms with Gasteiger partial charge in [0.25, 0.3) is 5.91 Å². The Morgan fingerprint density at radius 1 is 1.57 bits per heavy atom. The van der Waals surface area contributed by atoms with E-state index in [0.29, 0.717) is 31.6 Å². The van der Waals surface area contributed by atoms with Crippen molar-refractivity contribution in [2.24, 2.45) is 0 Å². The van der Waals surface area contributed by atoms with E-state index in [9.17, 15) is 9.18 Å². The number of amides is 1. The summed E-state index contributed by atoms with van der Waals surface area (Å²) in [5.74, 6) is 4.49. The summed E-state index contributed by atoms with van der Waals surface area (Å²) in [6, 6.07) is 4.16. The number of nitrogens with one attached hydrogen (secondary N) is 1. The largest absolute Gasteiger partial charge is 0.395 e. The Balaban J connectivity index is 2.16. The normalized spacial score (nSPS) is 20.7. The number of ether oxygens (including phenoxy) is 1. The van der Waals surface area contributed by atoms with Crippen molar-refractivity contribution in [2.45, 2.75) is 25.3 Å². The predicted octanol–water partition coefficient (Wildman–Crippen LogP) is 1.47. The van der Waals surface area contributed by atoms with Gasteiger partial charge < -0.3 is 15.2 Å². The summed E-state index contributed by atoms with van der Waals surface area (Å²) >= 11 is 0. The van der Waals surface area contributed by atoms with E-state index in [2.05, 4.69) is 17.2 Å². The molecule has 21 heavy (non-hydrogen) atoms. The Labute approximate surface area is 123 Å². The first-order valence-corrected chi connectivity index (χ1v) is 6.84. The van der Waals surface area contributed by atoms with Crippen LogP contribution in [0, 0.1) is 17.7 Å². The molecule has 1 aliphatic heterocycles. The van der Waals surface area contributed by atoms with Gasteiger partial charge in [0.05, 0.1) is 24.3 Å². The second kappa shape index (κ2) is 6.70. The topological polar surface area (TPSA) is 58.6 Å². The zero-order valence-electron chi connectivity index (χ0n) is 11.9. The van der Waals surface area contributed by atoms with Gasteiger partial charge in [-0.25, -0.2) is 4.39 Å². The van der Waals surface area contributed by atoms with Crippen LogP contribution in [0.5, 0.6) is 0 Å². The van der Waals surface area contributed by atoms with E-state index >= 15 is 0 Å². The van der Waals surface area contributed by atoms with E-state index in [1.54, 1.807) is 0 Å². The maximum Gasteiger partial charge on any atom is 0.254 e. The first-order chi connectivity index (χ1) is 10.0. The first-order valence-electron chi connectivity index (χ1n) is 6.84. The number of carbonyl (C=O) groups excluding carboxylic acids is 1. The molecular formula is C16H18FNO3. The van der Waals surface area contributed by atoms with Crippen molar-refractivity contribution in [3.05, 3.63) is 35.1 Å². The van der Waals surface area contributed by atoms with E-state index in [1.807, 2.05) is 6.92 Å². The van der Waals surface area contributed by atoms with Gasteiger partial charge in [0.1, 0.15) is 5.82 Å². The number of carbonyl (C=O) groups is 1. The minimum Gasteiger partial charge on any atom is -0.395 e. The molecule has 1 heterocycles. The van der Waals surface area contributed by atoms with Crippen LogP contribution in [0.25, 0.3) is 0 Å². The second-order valence-corrected chi connectivity index (χ2v) is 5.29. The zero-order valence-corrected chi connectivity index (χ0v) is 11.9. The Morgan fingerprint density at radius 3 is 3.05 bits per heavy atom. The molecule has 0 saturated carbocycles. The van der Waals surface area contributed by atoms with Crippen LogP contribution in [0.2, 0.25) is 0 Å². The average molecular weight is 291 g/mol. The highest BCUT2D eigenvalue weighted by atomic mass is 19.1. The fourth-order valence-corrected chi connectivity index (χ4v) is 2.10. The summed E-state index contributed by atoms with van der Waals surface area (Å²) in [6.07, 6.45) is 1.05. The SMILES string of the molecule is CC1(NC(=O)c2cc(C#CCCO)ccc2F)CCOC1. The lowest BCUT2D eigenvalue weighted by Gasteiger charge is -2.23. The molecule has 5 heteroatoms. The molecule has 1 aromatic rings. The number of aliphatic hydroxyl groups excluding tert-OH is 1. The molecule has 0 aromatic heterocycles. The summed E-state index contributed by atoms with van der Waals surface area (Å²) in [5.41, 5.74) is 0.0593. The molecule has 1 fully saturated rings. The quantitative estimate of drug-likeness (QED) is 0.829. The number of rotatable bonds is 3. The van der Waals surface area contributed by atoms with Gasteiger partial charge in [0.15, 0.2) is 0 Å². The smallest absolute Gasteiger partial charge is 0.254 e. The lowest BCUT2D eigenvalue weighted by molar-refractivity contribution is 0.0885. The van der Waals surface area contributed by atoms with Gasteiger partial charge in [-0.15, -0.1) is 0 Å². The van der Waals surface area contributed by atoms with Gasteiger partial charge in [-0.05, 0) is 31.5 Å². The molecule has 0 spiro atoms. The summed E-state index contributed by atoms with van der Waals surface area (Å²) in [7, 11) is 0. The minimum absolute atomic E-state index is 0.0279. The monoisotopic (exact) mass is 291 g/mol. The number of benzene rings is 1. The van der Waals surface area contributed by atoms with Crippen molar-refractivity contribution in [1.29, 1.82) is 0 Å². The number of hydrogen-bond acceptors (Lipinski definition) is 3. The molecule has 1 saturated heterocycles. The van der Waals surface area contributed by atoms with Crippen molar-refractivity contribution in [3.63, 3.8) is 0 Å². The van der Waals surface area contributed by atoms with Crippen LogP contribution in [-0.2, 0) is 4.74 Å². The van der Waals surface area contributed by atoms with E-state index in [-0.39, 0.29) is 12.2 Å². The first kappa shape index (κ1) is 15.5. The van der Waals surface area contributed by atoms with Gasteiger partial charge in [0.2, 0.25) is 0 Å². The van der Waals surface area contributed by atoms with Gasteiger partial charge >= 0.3 is 0 Å². The summed E-state index contributed by atoms with van der Waals surface area (Å²) < 4.78 is 19.1. The molecule has 4 nitrogen and oxygen atoms in total. The van der Waals surface area contributed by atoms with Crippen molar-refractivity contribution in [2.75, 3.05) is 19.8 Å². The zero-order chi connectivity index (χ0) is 15.3. The molecule has 1 aromatic carbocycles. The lowest BCUT2D eigenvalue weighted by atomic mass is 10.0. The summed E-state index contributed by atoms with van der Waals surface area (Å²) in [6.45, 7) is 2.86. The average Bonchev–Trinajstić information content (AvgIpc) is 2.87. The highest BCUT2D eigenvalue weighted by molar-refractivity contribution is 5.95. The molecular weight excluding hydrogens is 273 g/mol. The van der Waals surface area contributed by atoms with Gasteiger partial charge in [-0.1, -0.05) is 11.8 Å². The van der Waals surface area contributed by atoms with Gasteiger partial charge in [0, 0.05) is 18.6 Å². The number of halogens is 1. The van der Waals surface area contributed by atoms with Crippen LogP contribution >= 0.6 is 0 Å². The Hall–Kier alpha value is -1.90. The Bertz CT molecular complexity index is 583. The Morgan fingerprint density at radius 2 is 2.38 bits per heavy atom. The maximum atomic E-state index is 13.8. The van der Waals surface area contributed by atoms with E-state index in [4.69, 9.17) is 9.84 Å². The van der Waals surface area contributed by atoms with E-state index in [1.165, 1.54) is 18.2 Å². The standard InChI is InChI=1S/C16H18FNO3/c1-16(7-9-21-11-16)18-15(20)13-10-12(4-2-3-8-19)5-6-14(13)17/h5-6,10,19H,3,7-9,11H2,1H3,(H,18,20). The molecule has 1 unspecified atom stereocenters. The van der Waals surface area contributed by atoms with Crippen molar-refractivity contribution in [3.8, 4) is 11.8 Å². The van der Waals surface area contributed by atoms with Crippen molar-refractivity contribution in [1.82, 2.24) is 5.32 Å². The fourth-order valence-electron chi connectivity index (χ4n) is 2.10. The van der Waals surface area contributed by atoms with Crippen LogP contribution in [0.1, 0.15) is 35.7 Å². The summed E-state index contributed by atoms with van der Waals surface area (Å²) in [4.78, 5) is 12.2. The summed E-state index contributed by atoms with van der Waals surface area (Å²) in [5, 5.41) is 11.5. The Kier molecular flexibility index (Phi) is 4.94. The third kappa shape index (κ3) is 4.03. The molecule has 1 atom stereocenters. The third-order valence-corrected chi connectivity index (χ3v) is 3.31. The molecule has 2 rings (SSSR count). The fraction of sp³-hybridized carbons (Fsp3) is 0.438. The van der Waals surface area contributed by atoms with Crippen LogP contribution in [-0.4, -0.2) is 36.4 Å². The molecule has 2 N–H and O–H groups in total. The highest BCUT2D eigenvalue weighted by Gasteiger charge is 2.32. The van der Waals surface area contributed by atoms with Crippen LogP contribution < -0.4 is 5.32 Å². The molecule has 112 valence electrons. The van der Waals surface area contributed by atoms with Crippen molar-refractivity contribution >= 4 is 5.91 Å². The molecule has 0 radical (unpaired) electrons. The lowest BCUT2D eigenvalue weighted by Crippen LogP contribution is -2.46.